The molecule has 0 unspecified atom stereocenters. The van der Waals surface area contributed by atoms with Crippen molar-refractivity contribution in [2.75, 3.05) is 12.4 Å². The number of aromatic nitrogens is 4. The van der Waals surface area contributed by atoms with E-state index in [-0.39, 0.29) is 5.75 Å². The van der Waals surface area contributed by atoms with Crippen LogP contribution in [0.4, 0.5) is 14.9 Å². The topological polar surface area (TPSA) is 108 Å². The Kier molecular flexibility index (Phi) is 7.25. The number of aryl methyl sites for hydroxylation is 2. The van der Waals surface area contributed by atoms with Crippen LogP contribution in [0.2, 0.25) is 0 Å². The van der Waals surface area contributed by atoms with Crippen molar-refractivity contribution in [3.63, 3.8) is 0 Å². The van der Waals surface area contributed by atoms with Crippen LogP contribution < -0.4 is 14.8 Å². The first-order valence-electron chi connectivity index (χ1n) is 12.2. The normalized spacial score (nSPS) is 12.8. The second kappa shape index (κ2) is 10.8. The highest BCUT2D eigenvalue weighted by atomic mass is 32.1. The third-order valence-electron chi connectivity index (χ3n) is 6.10. The highest BCUT2D eigenvalue weighted by Crippen LogP contribution is 2.37. The van der Waals surface area contributed by atoms with Gasteiger partial charge in [0.15, 0.2) is 11.6 Å². The standard InChI is InChI=1S/C28H26FN5O4S/c1-14-6-18-8-20(36-5)13-32-26(18)21(7-14)27-34-23-9-22(29)24(10-25(23)39-27)37-15(2)16(3)38-28(35)33-19-11-30-17(4)31-12-19/h6-13,15-16H,1-5H3,(H,33,35)/t15-,16+/m0/s1. The minimum absolute atomic E-state index is 0.0463. The molecule has 0 aliphatic rings. The first-order chi connectivity index (χ1) is 18.7. The summed E-state index contributed by atoms with van der Waals surface area (Å²) in [4.78, 5) is 29.6. The van der Waals surface area contributed by atoms with E-state index in [1.165, 1.54) is 29.8 Å². The van der Waals surface area contributed by atoms with E-state index < -0.39 is 24.1 Å². The number of thiazole rings is 1. The summed E-state index contributed by atoms with van der Waals surface area (Å²) < 4.78 is 32.3. The second-order valence-electron chi connectivity index (χ2n) is 9.11. The van der Waals surface area contributed by atoms with Crippen LogP contribution in [-0.2, 0) is 4.74 Å². The molecular weight excluding hydrogens is 521 g/mol. The van der Waals surface area contributed by atoms with Crippen molar-refractivity contribution in [2.24, 2.45) is 0 Å². The molecule has 0 saturated carbocycles. The molecule has 2 atom stereocenters. The Balaban J connectivity index is 1.34. The minimum Gasteiger partial charge on any atom is -0.495 e. The number of carbonyl (C=O) groups is 1. The van der Waals surface area contributed by atoms with Gasteiger partial charge in [-0.3, -0.25) is 10.3 Å². The van der Waals surface area contributed by atoms with Crippen molar-refractivity contribution in [2.45, 2.75) is 39.9 Å². The van der Waals surface area contributed by atoms with E-state index >= 15 is 4.39 Å². The van der Waals surface area contributed by atoms with E-state index in [2.05, 4.69) is 25.3 Å². The van der Waals surface area contributed by atoms with Gasteiger partial charge in [-0.05, 0) is 51.5 Å². The average molecular weight is 548 g/mol. The largest absolute Gasteiger partial charge is 0.495 e. The predicted molar refractivity (Wildman–Crippen MR) is 148 cm³/mol. The third-order valence-corrected chi connectivity index (χ3v) is 7.16. The summed E-state index contributed by atoms with van der Waals surface area (Å²) in [6.07, 6.45) is 2.63. The summed E-state index contributed by atoms with van der Waals surface area (Å²) >= 11 is 1.42. The highest BCUT2D eigenvalue weighted by Gasteiger charge is 2.22. The molecule has 1 N–H and O–H groups in total. The lowest BCUT2D eigenvalue weighted by Gasteiger charge is -2.22. The van der Waals surface area contributed by atoms with E-state index in [1.54, 1.807) is 40.1 Å². The average Bonchev–Trinajstić information content (AvgIpc) is 3.31. The zero-order valence-corrected chi connectivity index (χ0v) is 22.8. The SMILES string of the molecule is COc1cnc2c(-c3nc4cc(F)c(O[C@@H](C)[C@@H](C)OC(=O)Nc5cnc(C)nc5)cc4s3)cc(C)cc2c1. The number of rotatable bonds is 7. The Morgan fingerprint density at radius 2 is 1.77 bits per heavy atom. The molecule has 3 heterocycles. The lowest BCUT2D eigenvalue weighted by Crippen LogP contribution is -2.32. The number of ether oxygens (including phenoxy) is 3. The summed E-state index contributed by atoms with van der Waals surface area (Å²) in [5.74, 6) is 0.740. The Morgan fingerprint density at radius 1 is 1.00 bits per heavy atom. The maximum Gasteiger partial charge on any atom is 0.412 e. The number of pyridine rings is 1. The van der Waals surface area contributed by atoms with Gasteiger partial charge in [-0.15, -0.1) is 11.3 Å². The minimum atomic E-state index is -0.690. The fourth-order valence-corrected chi connectivity index (χ4v) is 4.95. The number of benzene rings is 2. The number of fused-ring (bicyclic) bond motifs is 2. The van der Waals surface area contributed by atoms with Crippen molar-refractivity contribution in [3.05, 3.63) is 66.1 Å². The predicted octanol–water partition coefficient (Wildman–Crippen LogP) is 6.47. The molecule has 0 aliphatic heterocycles. The number of nitrogens with zero attached hydrogens (tertiary/aromatic N) is 4. The second-order valence-corrected chi connectivity index (χ2v) is 10.1. The monoisotopic (exact) mass is 547 g/mol. The maximum absolute atomic E-state index is 15.0. The molecule has 0 saturated heterocycles. The zero-order chi connectivity index (χ0) is 27.7. The van der Waals surface area contributed by atoms with Crippen LogP contribution >= 0.6 is 11.3 Å². The van der Waals surface area contributed by atoms with E-state index in [4.69, 9.17) is 14.2 Å². The first-order valence-corrected chi connectivity index (χ1v) is 13.0. The summed E-state index contributed by atoms with van der Waals surface area (Å²) in [6, 6.07) is 8.95. The smallest absolute Gasteiger partial charge is 0.412 e. The van der Waals surface area contributed by atoms with E-state index in [0.717, 1.165) is 31.7 Å². The lowest BCUT2D eigenvalue weighted by atomic mass is 10.1. The zero-order valence-electron chi connectivity index (χ0n) is 22.0. The van der Waals surface area contributed by atoms with Gasteiger partial charge >= 0.3 is 6.09 Å². The van der Waals surface area contributed by atoms with Crippen LogP contribution in [0.25, 0.3) is 31.7 Å². The Bertz CT molecular complexity index is 1680. The molecule has 5 aromatic rings. The van der Waals surface area contributed by atoms with Crippen molar-refractivity contribution >= 4 is 44.2 Å². The number of halogens is 1. The molecule has 0 aliphatic carbocycles. The van der Waals surface area contributed by atoms with Gasteiger partial charge in [-0.25, -0.2) is 24.1 Å². The fourth-order valence-electron chi connectivity index (χ4n) is 3.95. The molecule has 2 aromatic carbocycles. The van der Waals surface area contributed by atoms with Crippen LogP contribution in [0.1, 0.15) is 25.2 Å². The number of amides is 1. The molecule has 1 amide bonds. The van der Waals surface area contributed by atoms with Gasteiger partial charge in [0.1, 0.15) is 28.8 Å². The number of methoxy groups -OCH3 is 1. The molecule has 9 nitrogen and oxygen atoms in total. The third kappa shape index (κ3) is 5.73. The van der Waals surface area contributed by atoms with Gasteiger partial charge in [-0.2, -0.15) is 0 Å². The quantitative estimate of drug-likeness (QED) is 0.247. The molecule has 39 heavy (non-hydrogen) atoms. The van der Waals surface area contributed by atoms with Crippen LogP contribution in [-0.4, -0.2) is 45.3 Å². The van der Waals surface area contributed by atoms with Gasteiger partial charge in [-0.1, -0.05) is 0 Å². The van der Waals surface area contributed by atoms with Crippen molar-refractivity contribution in [1.29, 1.82) is 0 Å². The van der Waals surface area contributed by atoms with E-state index in [1.807, 2.05) is 25.1 Å². The molecule has 0 radical (unpaired) electrons. The van der Waals surface area contributed by atoms with Crippen molar-refractivity contribution < 1.29 is 23.4 Å². The number of hydrogen-bond donors (Lipinski definition) is 1. The summed E-state index contributed by atoms with van der Waals surface area (Å²) in [7, 11) is 1.60. The van der Waals surface area contributed by atoms with Gasteiger partial charge < -0.3 is 14.2 Å². The Hall–Kier alpha value is -4.38. The van der Waals surface area contributed by atoms with Gasteiger partial charge in [0, 0.05) is 23.1 Å². The Labute approximate surface area is 228 Å². The van der Waals surface area contributed by atoms with Gasteiger partial charge in [0.05, 0.1) is 47.1 Å². The molecule has 5 rings (SSSR count). The van der Waals surface area contributed by atoms with Crippen molar-refractivity contribution in [1.82, 2.24) is 19.9 Å². The molecule has 0 spiro atoms. The van der Waals surface area contributed by atoms with Gasteiger partial charge in [0.25, 0.3) is 0 Å². The van der Waals surface area contributed by atoms with Crippen LogP contribution in [0.5, 0.6) is 11.5 Å². The molecule has 200 valence electrons. The van der Waals surface area contributed by atoms with Crippen LogP contribution in [0.3, 0.4) is 0 Å². The molecule has 3 aromatic heterocycles. The number of hydrogen-bond acceptors (Lipinski definition) is 9. The van der Waals surface area contributed by atoms with E-state index in [9.17, 15) is 4.79 Å². The van der Waals surface area contributed by atoms with Crippen LogP contribution in [0, 0.1) is 19.7 Å². The molecule has 11 heteroatoms. The maximum atomic E-state index is 15.0. The van der Waals surface area contributed by atoms with Gasteiger partial charge in [0.2, 0.25) is 0 Å². The number of nitrogens with one attached hydrogen (secondary N) is 1. The summed E-state index contributed by atoms with van der Waals surface area (Å²) in [5.41, 5.74) is 3.60. The molecular formula is C28H26FN5O4S. The highest BCUT2D eigenvalue weighted by molar-refractivity contribution is 7.21. The number of carbonyl (C=O) groups excluding carboxylic acids is 1. The summed E-state index contributed by atoms with van der Waals surface area (Å²) in [5, 5.41) is 4.21. The van der Waals surface area contributed by atoms with Crippen LogP contribution in [0.15, 0.2) is 48.9 Å². The fraction of sp³-hybridized carbons (Fsp3) is 0.250. The lowest BCUT2D eigenvalue weighted by molar-refractivity contribution is 0.0402. The first kappa shape index (κ1) is 26.2. The molecule has 0 bridgehead atoms. The summed E-state index contributed by atoms with van der Waals surface area (Å²) in [6.45, 7) is 7.11. The Morgan fingerprint density at radius 3 is 2.51 bits per heavy atom. The van der Waals surface area contributed by atoms with Crippen molar-refractivity contribution in [3.8, 4) is 22.1 Å². The number of anilines is 1. The van der Waals surface area contributed by atoms with E-state index in [0.29, 0.717) is 22.8 Å². The molecule has 0 fully saturated rings.